The Morgan fingerprint density at radius 2 is 1.83 bits per heavy atom. The number of carboxylic acid groups (broad SMARTS) is 1. The van der Waals surface area contributed by atoms with Crippen LogP contribution in [0.5, 0.6) is 0 Å². The maximum absolute atomic E-state index is 10.6. The molecule has 0 radical (unpaired) electrons. The summed E-state index contributed by atoms with van der Waals surface area (Å²) in [5.74, 6) is -1.23. The monoisotopic (exact) mass is 171 g/mol. The summed E-state index contributed by atoms with van der Waals surface area (Å²) in [6, 6.07) is 0. The number of nitrogens with one attached hydrogen (secondary N) is 1. The third-order valence-corrected chi connectivity index (χ3v) is 1.43. The standard InChI is InChI=1S/C8H13NO3/c1-4-7(8(11)12)5(2)9-6(3)10/h4H2,1-3H3,(H,9,10)(H,11,12). The van der Waals surface area contributed by atoms with Crippen molar-refractivity contribution in [3.05, 3.63) is 11.3 Å². The maximum Gasteiger partial charge on any atom is 0.333 e. The molecule has 0 saturated carbocycles. The number of hydrogen-bond acceptors (Lipinski definition) is 2. The van der Waals surface area contributed by atoms with Gasteiger partial charge in [0.05, 0.1) is 5.57 Å². The van der Waals surface area contributed by atoms with E-state index in [0.717, 1.165) is 0 Å². The molecule has 0 aromatic rings. The minimum atomic E-state index is -0.983. The van der Waals surface area contributed by atoms with Crippen LogP contribution in [0.1, 0.15) is 27.2 Å². The van der Waals surface area contributed by atoms with Crippen molar-refractivity contribution in [3.63, 3.8) is 0 Å². The highest BCUT2D eigenvalue weighted by atomic mass is 16.4. The van der Waals surface area contributed by atoms with Crippen molar-refractivity contribution < 1.29 is 14.7 Å². The van der Waals surface area contributed by atoms with E-state index in [1.54, 1.807) is 13.8 Å². The first kappa shape index (κ1) is 10.7. The van der Waals surface area contributed by atoms with Crippen LogP contribution in [-0.2, 0) is 9.59 Å². The summed E-state index contributed by atoms with van der Waals surface area (Å²) in [6.45, 7) is 4.65. The van der Waals surface area contributed by atoms with Crippen molar-refractivity contribution in [2.24, 2.45) is 0 Å². The lowest BCUT2D eigenvalue weighted by atomic mass is 10.1. The second-order valence-corrected chi connectivity index (χ2v) is 2.44. The summed E-state index contributed by atoms with van der Waals surface area (Å²) < 4.78 is 0. The summed E-state index contributed by atoms with van der Waals surface area (Å²) in [4.78, 5) is 21.1. The van der Waals surface area contributed by atoms with Crippen LogP contribution in [0.3, 0.4) is 0 Å². The lowest BCUT2D eigenvalue weighted by Gasteiger charge is -2.05. The Morgan fingerprint density at radius 1 is 1.33 bits per heavy atom. The van der Waals surface area contributed by atoms with Gasteiger partial charge in [-0.15, -0.1) is 0 Å². The molecular weight excluding hydrogens is 158 g/mol. The van der Waals surface area contributed by atoms with Crippen LogP contribution >= 0.6 is 0 Å². The number of amides is 1. The van der Waals surface area contributed by atoms with E-state index in [0.29, 0.717) is 12.1 Å². The van der Waals surface area contributed by atoms with E-state index in [1.807, 2.05) is 0 Å². The fourth-order valence-electron chi connectivity index (χ4n) is 0.916. The average molecular weight is 171 g/mol. The highest BCUT2D eigenvalue weighted by molar-refractivity contribution is 5.88. The van der Waals surface area contributed by atoms with Gasteiger partial charge in [0.15, 0.2) is 0 Å². The molecule has 0 aliphatic carbocycles. The Hall–Kier alpha value is -1.32. The van der Waals surface area contributed by atoms with E-state index in [4.69, 9.17) is 5.11 Å². The van der Waals surface area contributed by atoms with Gasteiger partial charge in [-0.3, -0.25) is 4.79 Å². The van der Waals surface area contributed by atoms with Gasteiger partial charge in [0.1, 0.15) is 0 Å². The molecule has 0 heterocycles. The van der Waals surface area contributed by atoms with E-state index in [-0.39, 0.29) is 11.5 Å². The molecule has 68 valence electrons. The summed E-state index contributed by atoms with van der Waals surface area (Å²) >= 11 is 0. The first-order chi connectivity index (χ1) is 5.49. The fraction of sp³-hybridized carbons (Fsp3) is 0.500. The molecule has 4 nitrogen and oxygen atoms in total. The smallest absolute Gasteiger partial charge is 0.333 e. The Morgan fingerprint density at radius 3 is 2.08 bits per heavy atom. The Balaban J connectivity index is 4.60. The Labute approximate surface area is 71.3 Å². The maximum atomic E-state index is 10.6. The van der Waals surface area contributed by atoms with E-state index in [1.165, 1.54) is 6.92 Å². The van der Waals surface area contributed by atoms with Crippen LogP contribution in [0.2, 0.25) is 0 Å². The number of hydrogen-bond donors (Lipinski definition) is 2. The molecule has 0 bridgehead atoms. The lowest BCUT2D eigenvalue weighted by Crippen LogP contribution is -2.20. The summed E-state index contributed by atoms with van der Waals surface area (Å²) in [6.07, 6.45) is 0.404. The van der Waals surface area contributed by atoms with Gasteiger partial charge in [-0.05, 0) is 13.3 Å². The van der Waals surface area contributed by atoms with Crippen molar-refractivity contribution in [3.8, 4) is 0 Å². The lowest BCUT2D eigenvalue weighted by molar-refractivity contribution is -0.132. The van der Waals surface area contributed by atoms with Crippen molar-refractivity contribution in [2.75, 3.05) is 0 Å². The number of carbonyl (C=O) groups is 2. The average Bonchev–Trinajstić information content (AvgIpc) is 1.85. The van der Waals surface area contributed by atoms with Gasteiger partial charge in [0.25, 0.3) is 0 Å². The van der Waals surface area contributed by atoms with Gasteiger partial charge in [-0.1, -0.05) is 6.92 Å². The first-order valence-corrected chi connectivity index (χ1v) is 3.69. The predicted molar refractivity (Wildman–Crippen MR) is 44.4 cm³/mol. The van der Waals surface area contributed by atoms with Crippen LogP contribution in [0, 0.1) is 0 Å². The van der Waals surface area contributed by atoms with Gasteiger partial charge in [-0.2, -0.15) is 0 Å². The van der Waals surface area contributed by atoms with Gasteiger partial charge in [0, 0.05) is 12.6 Å². The summed E-state index contributed by atoms with van der Waals surface area (Å²) in [5, 5.41) is 11.1. The molecular formula is C8H13NO3. The second kappa shape index (κ2) is 4.54. The van der Waals surface area contributed by atoms with Crippen LogP contribution in [-0.4, -0.2) is 17.0 Å². The zero-order valence-corrected chi connectivity index (χ0v) is 7.47. The normalized spacial score (nSPS) is 11.9. The highest BCUT2D eigenvalue weighted by Gasteiger charge is 2.09. The first-order valence-electron chi connectivity index (χ1n) is 3.69. The molecule has 0 spiro atoms. The van der Waals surface area contributed by atoms with Crippen molar-refractivity contribution in [2.45, 2.75) is 27.2 Å². The van der Waals surface area contributed by atoms with E-state index in [9.17, 15) is 9.59 Å². The van der Waals surface area contributed by atoms with Gasteiger partial charge >= 0.3 is 5.97 Å². The van der Waals surface area contributed by atoms with E-state index < -0.39 is 5.97 Å². The minimum absolute atomic E-state index is 0.241. The predicted octanol–water partition coefficient (Wildman–Crippen LogP) is 0.891. The van der Waals surface area contributed by atoms with Gasteiger partial charge < -0.3 is 10.4 Å². The quantitative estimate of drug-likeness (QED) is 0.620. The highest BCUT2D eigenvalue weighted by Crippen LogP contribution is 2.05. The van der Waals surface area contributed by atoms with Crippen molar-refractivity contribution in [1.29, 1.82) is 0 Å². The molecule has 0 unspecified atom stereocenters. The van der Waals surface area contributed by atoms with Gasteiger partial charge in [-0.25, -0.2) is 4.79 Å². The van der Waals surface area contributed by atoms with Crippen LogP contribution in [0.25, 0.3) is 0 Å². The molecule has 0 rings (SSSR count). The van der Waals surface area contributed by atoms with Crippen LogP contribution < -0.4 is 5.32 Å². The molecule has 0 aliphatic rings. The Kier molecular flexibility index (Phi) is 4.04. The van der Waals surface area contributed by atoms with Crippen molar-refractivity contribution >= 4 is 11.9 Å². The van der Waals surface area contributed by atoms with Crippen molar-refractivity contribution in [1.82, 2.24) is 5.32 Å². The van der Waals surface area contributed by atoms with E-state index >= 15 is 0 Å². The number of rotatable bonds is 3. The number of carboxylic acids is 1. The largest absolute Gasteiger partial charge is 0.478 e. The summed E-state index contributed by atoms with van der Waals surface area (Å²) in [5.41, 5.74) is 0.655. The third-order valence-electron chi connectivity index (χ3n) is 1.43. The molecule has 0 atom stereocenters. The number of carbonyl (C=O) groups excluding carboxylic acids is 1. The topological polar surface area (TPSA) is 66.4 Å². The second-order valence-electron chi connectivity index (χ2n) is 2.44. The molecule has 0 saturated heterocycles. The fourth-order valence-corrected chi connectivity index (χ4v) is 0.916. The summed E-state index contributed by atoms with van der Waals surface area (Å²) in [7, 11) is 0. The molecule has 4 heteroatoms. The number of aliphatic carboxylic acids is 1. The number of allylic oxidation sites excluding steroid dienone is 1. The minimum Gasteiger partial charge on any atom is -0.478 e. The SMILES string of the molecule is CCC(C(=O)O)=C(C)NC(C)=O. The molecule has 0 aromatic heterocycles. The molecule has 0 aromatic carbocycles. The molecule has 12 heavy (non-hydrogen) atoms. The molecule has 0 aliphatic heterocycles. The molecule has 0 fully saturated rings. The van der Waals surface area contributed by atoms with E-state index in [2.05, 4.69) is 5.32 Å². The third kappa shape index (κ3) is 3.18. The zero-order valence-electron chi connectivity index (χ0n) is 7.47. The van der Waals surface area contributed by atoms with Gasteiger partial charge in [0.2, 0.25) is 5.91 Å². The molecule has 2 N–H and O–H groups in total. The van der Waals surface area contributed by atoms with Crippen LogP contribution in [0.4, 0.5) is 0 Å². The molecule has 1 amide bonds. The zero-order chi connectivity index (χ0) is 9.72. The van der Waals surface area contributed by atoms with Crippen LogP contribution in [0.15, 0.2) is 11.3 Å². The Bertz CT molecular complexity index is 230.